The lowest BCUT2D eigenvalue weighted by molar-refractivity contribution is -0.391. The van der Waals surface area contributed by atoms with Gasteiger partial charge in [0.05, 0.1) is 4.92 Å². The van der Waals surface area contributed by atoms with Crippen LogP contribution in [0.1, 0.15) is 0 Å². The van der Waals surface area contributed by atoms with Crippen LogP contribution in [0, 0.1) is 10.1 Å². The molecule has 0 aliphatic carbocycles. The molecule has 0 aliphatic heterocycles. The van der Waals surface area contributed by atoms with E-state index in [2.05, 4.69) is 4.98 Å². The molecule has 1 aromatic heterocycles. The van der Waals surface area contributed by atoms with Crippen LogP contribution in [0.2, 0.25) is 0 Å². The summed E-state index contributed by atoms with van der Waals surface area (Å²) in [5, 5.41) is 8.88. The molecule has 0 fully saturated rings. The highest BCUT2D eigenvalue weighted by atomic mass is 32.2. The maximum Gasteiger partial charge on any atom is 0.322 e. The van der Waals surface area contributed by atoms with Crippen molar-refractivity contribution in [2.24, 2.45) is 0 Å². The Morgan fingerprint density at radius 3 is 2.00 bits per heavy atom. The van der Waals surface area contributed by atoms with E-state index in [0.29, 0.717) is 12.3 Å². The van der Waals surface area contributed by atoms with Gasteiger partial charge >= 0.3 is 5.69 Å². The number of pyridine rings is 1. The van der Waals surface area contributed by atoms with Crippen molar-refractivity contribution in [2.45, 2.75) is 9.92 Å². The van der Waals surface area contributed by atoms with Crippen molar-refractivity contribution in [3.05, 3.63) is 22.4 Å². The highest BCUT2D eigenvalue weighted by Gasteiger charge is 2.28. The van der Waals surface area contributed by atoms with Crippen molar-refractivity contribution < 1.29 is 30.9 Å². The van der Waals surface area contributed by atoms with Gasteiger partial charge in [0.25, 0.3) is 0 Å². The first kappa shape index (κ1) is 13.4. The average Bonchev–Trinajstić information content (AvgIpc) is 2.13. The van der Waals surface area contributed by atoms with Gasteiger partial charge in [-0.15, -0.1) is 0 Å². The fraction of sp³-hybridized carbons (Fsp3) is 0. The first-order valence-corrected chi connectivity index (χ1v) is 6.42. The number of nitrogens with zero attached hydrogens (tertiary/aromatic N) is 2. The fourth-order valence-corrected chi connectivity index (χ4v) is 2.28. The van der Waals surface area contributed by atoms with Crippen LogP contribution in [0.5, 0.6) is 0 Å². The average molecular weight is 282 g/mol. The number of nitro groups is 1. The summed E-state index contributed by atoms with van der Waals surface area (Å²) in [7, 11) is -10.7. The third-order valence-electron chi connectivity index (χ3n) is 1.54. The molecule has 0 unspecified atom stereocenters. The van der Waals surface area contributed by atoms with E-state index in [4.69, 9.17) is 0 Å². The normalized spacial score (nSPS) is 12.4. The zero-order chi connectivity index (χ0) is 13.4. The van der Waals surface area contributed by atoms with Crippen LogP contribution in [0.15, 0.2) is 22.2 Å². The van der Waals surface area contributed by atoms with E-state index in [1.807, 2.05) is 0 Å². The van der Waals surface area contributed by atoms with Gasteiger partial charge in [0.2, 0.25) is 5.03 Å². The quantitative estimate of drug-likeness (QED) is 0.375. The minimum Gasteiger partial charge on any atom is -0.744 e. The van der Waals surface area contributed by atoms with E-state index in [9.17, 15) is 36.1 Å². The van der Waals surface area contributed by atoms with Gasteiger partial charge in [-0.3, -0.25) is 10.1 Å². The van der Waals surface area contributed by atoms with Crippen LogP contribution in [0.25, 0.3) is 0 Å². The fourth-order valence-electron chi connectivity index (χ4n) is 0.971. The molecule has 10 nitrogen and oxygen atoms in total. The summed E-state index contributed by atoms with van der Waals surface area (Å²) in [4.78, 5) is 10.5. The summed E-state index contributed by atoms with van der Waals surface area (Å²) in [6.07, 6.45) is 0.503. The smallest absolute Gasteiger partial charge is 0.322 e. The van der Waals surface area contributed by atoms with Gasteiger partial charge in [-0.1, -0.05) is 0 Å². The van der Waals surface area contributed by atoms with Crippen molar-refractivity contribution in [3.63, 3.8) is 0 Å². The number of aromatic nitrogens is 1. The van der Waals surface area contributed by atoms with E-state index < -0.39 is 40.8 Å². The molecule has 17 heavy (non-hydrogen) atoms. The minimum absolute atomic E-state index is 0.440. The monoisotopic (exact) mass is 282 g/mol. The Bertz CT molecular complexity index is 626. The minimum atomic E-state index is -5.37. The highest BCUT2D eigenvalue weighted by molar-refractivity contribution is 7.86. The van der Waals surface area contributed by atoms with Crippen molar-refractivity contribution in [1.29, 1.82) is 0 Å². The molecule has 1 aromatic rings. The van der Waals surface area contributed by atoms with E-state index in [0.717, 1.165) is 0 Å². The third-order valence-corrected chi connectivity index (χ3v) is 3.18. The van der Waals surface area contributed by atoms with E-state index >= 15 is 0 Å². The Labute approximate surface area is 94.6 Å². The summed E-state index contributed by atoms with van der Waals surface area (Å²) in [5.41, 5.74) is -1.64. The van der Waals surface area contributed by atoms with Crippen LogP contribution in [-0.2, 0) is 20.2 Å². The molecule has 0 N–H and O–H groups in total. The van der Waals surface area contributed by atoms with Gasteiger partial charge in [-0.05, 0) is 6.07 Å². The standard InChI is InChI=1S/C5H4N2O8S2/c8-7(9)4-3(16(10,11)12)1-2-6-5(4)17(13,14)15/h1-2H,(H,10,11,12)(H,13,14,15)/p-2. The number of hydrogen-bond donors (Lipinski definition) is 0. The molecule has 94 valence electrons. The van der Waals surface area contributed by atoms with Crippen molar-refractivity contribution in [3.8, 4) is 0 Å². The Hall–Kier alpha value is -1.63. The molecule has 12 heteroatoms. The Kier molecular flexibility index (Phi) is 3.15. The predicted octanol–water partition coefficient (Wildman–Crippen LogP) is -1.20. The number of rotatable bonds is 3. The zero-order valence-electron chi connectivity index (χ0n) is 7.63. The predicted molar refractivity (Wildman–Crippen MR) is 46.8 cm³/mol. The molecule has 0 amide bonds. The van der Waals surface area contributed by atoms with Crippen molar-refractivity contribution >= 4 is 25.9 Å². The van der Waals surface area contributed by atoms with Gasteiger partial charge in [0.15, 0.2) is 0 Å². The SMILES string of the molecule is O=[N+]([O-])c1c(S(=O)(=O)[O-])ccnc1S(=O)(=O)[O-]. The largest absolute Gasteiger partial charge is 0.744 e. The first-order chi connectivity index (χ1) is 7.55. The molecule has 0 aliphatic rings. The maximum absolute atomic E-state index is 10.7. The maximum atomic E-state index is 10.7. The molecule has 0 aromatic carbocycles. The van der Waals surface area contributed by atoms with Crippen molar-refractivity contribution in [2.75, 3.05) is 0 Å². The van der Waals surface area contributed by atoms with Crippen molar-refractivity contribution in [1.82, 2.24) is 4.98 Å². The van der Waals surface area contributed by atoms with Crippen LogP contribution < -0.4 is 0 Å². The highest BCUT2D eigenvalue weighted by Crippen LogP contribution is 2.28. The number of hydrogen-bond acceptors (Lipinski definition) is 9. The zero-order valence-corrected chi connectivity index (χ0v) is 9.26. The molecule has 0 radical (unpaired) electrons. The molecule has 0 spiro atoms. The Balaban J connectivity index is 3.86. The van der Waals surface area contributed by atoms with Crippen LogP contribution in [-0.4, -0.2) is 35.8 Å². The molecule has 1 rings (SSSR count). The molecule has 0 saturated heterocycles. The molecule has 0 atom stereocenters. The molecular formula is C5H2N2O8S2-2. The molecule has 0 saturated carbocycles. The van der Waals surface area contributed by atoms with E-state index in [1.165, 1.54) is 0 Å². The summed E-state index contributed by atoms with van der Waals surface area (Å²) in [6.45, 7) is 0. The topological polar surface area (TPSA) is 170 Å². The Morgan fingerprint density at radius 2 is 1.65 bits per heavy atom. The van der Waals surface area contributed by atoms with Gasteiger partial charge in [0, 0.05) is 6.20 Å². The lowest BCUT2D eigenvalue weighted by Crippen LogP contribution is -2.11. The van der Waals surface area contributed by atoms with Gasteiger partial charge in [0.1, 0.15) is 25.1 Å². The molecule has 0 bridgehead atoms. The molecule has 1 heterocycles. The second-order valence-electron chi connectivity index (χ2n) is 2.63. The van der Waals surface area contributed by atoms with Crippen LogP contribution in [0.4, 0.5) is 5.69 Å². The molecular weight excluding hydrogens is 280 g/mol. The summed E-state index contributed by atoms with van der Waals surface area (Å²) in [6, 6.07) is 0.440. The lowest BCUT2D eigenvalue weighted by atomic mass is 10.4. The van der Waals surface area contributed by atoms with Crippen LogP contribution in [0.3, 0.4) is 0 Å². The summed E-state index contributed by atoms with van der Waals surface area (Å²) < 4.78 is 63.8. The summed E-state index contributed by atoms with van der Waals surface area (Å²) in [5.74, 6) is 0. The van der Waals surface area contributed by atoms with E-state index in [1.54, 1.807) is 0 Å². The van der Waals surface area contributed by atoms with Crippen LogP contribution >= 0.6 is 0 Å². The van der Waals surface area contributed by atoms with Gasteiger partial charge in [-0.2, -0.15) is 0 Å². The Morgan fingerprint density at radius 1 is 1.12 bits per heavy atom. The first-order valence-electron chi connectivity index (χ1n) is 3.60. The lowest BCUT2D eigenvalue weighted by Gasteiger charge is -2.11. The van der Waals surface area contributed by atoms with Gasteiger partial charge < -0.3 is 9.11 Å². The third kappa shape index (κ3) is 2.73. The van der Waals surface area contributed by atoms with Gasteiger partial charge in [-0.25, -0.2) is 21.8 Å². The second-order valence-corrected chi connectivity index (χ2v) is 5.27. The summed E-state index contributed by atoms with van der Waals surface area (Å²) >= 11 is 0. The second kappa shape index (κ2) is 3.99. The van der Waals surface area contributed by atoms with E-state index in [-0.39, 0.29) is 0 Å².